The van der Waals surface area contributed by atoms with E-state index in [2.05, 4.69) is 20.7 Å². The second-order valence-corrected chi connectivity index (χ2v) is 4.18. The highest BCUT2D eigenvalue weighted by atomic mass is 16.6. The van der Waals surface area contributed by atoms with Gasteiger partial charge >= 0.3 is 0 Å². The van der Waals surface area contributed by atoms with E-state index in [0.717, 1.165) is 5.82 Å². The van der Waals surface area contributed by atoms with E-state index >= 15 is 0 Å². The van der Waals surface area contributed by atoms with Crippen LogP contribution in [0.1, 0.15) is 16.2 Å². The number of anilines is 1. The van der Waals surface area contributed by atoms with Crippen LogP contribution in [0.5, 0.6) is 0 Å². The van der Waals surface area contributed by atoms with Crippen LogP contribution in [0.15, 0.2) is 30.6 Å². The number of rotatable bonds is 6. The van der Waals surface area contributed by atoms with Crippen LogP contribution < -0.4 is 16.6 Å². The molecule has 5 N–H and O–H groups in total. The molecule has 0 spiro atoms. The van der Waals surface area contributed by atoms with Gasteiger partial charge in [0.15, 0.2) is 0 Å². The summed E-state index contributed by atoms with van der Waals surface area (Å²) in [6, 6.07) is 3.99. The van der Waals surface area contributed by atoms with Crippen LogP contribution in [-0.4, -0.2) is 27.3 Å². The van der Waals surface area contributed by atoms with Crippen LogP contribution in [0.25, 0.3) is 0 Å². The molecule has 0 aliphatic carbocycles. The molecule has 2 aromatic rings. The lowest BCUT2D eigenvalue weighted by Crippen LogP contribution is -2.27. The first-order chi connectivity index (χ1) is 10.1. The van der Waals surface area contributed by atoms with Crippen molar-refractivity contribution < 1.29 is 9.72 Å². The van der Waals surface area contributed by atoms with E-state index in [1.807, 2.05) is 0 Å². The Bertz CT molecular complexity index is 640. The summed E-state index contributed by atoms with van der Waals surface area (Å²) in [6.07, 6.45) is 3.79. The first-order valence-electron chi connectivity index (χ1n) is 6.13. The van der Waals surface area contributed by atoms with Gasteiger partial charge in [-0.1, -0.05) is 0 Å². The van der Waals surface area contributed by atoms with E-state index in [1.54, 1.807) is 12.4 Å². The number of hydrogen-bond acceptors (Lipinski definition) is 6. The highest BCUT2D eigenvalue weighted by Crippen LogP contribution is 2.22. The van der Waals surface area contributed by atoms with Gasteiger partial charge in [0.05, 0.1) is 4.92 Å². The number of hydrazine groups is 1. The normalized spacial score (nSPS) is 10.1. The van der Waals surface area contributed by atoms with Gasteiger partial charge in [-0.2, -0.15) is 0 Å². The minimum absolute atomic E-state index is 0.0464. The Kier molecular flexibility index (Phi) is 4.46. The molecule has 0 bridgehead atoms. The van der Waals surface area contributed by atoms with Gasteiger partial charge in [-0.25, -0.2) is 4.98 Å². The first kappa shape index (κ1) is 14.5. The van der Waals surface area contributed by atoms with Crippen molar-refractivity contribution in [3.05, 3.63) is 52.1 Å². The molecule has 0 unspecified atom stereocenters. The lowest BCUT2D eigenvalue weighted by atomic mass is 10.1. The summed E-state index contributed by atoms with van der Waals surface area (Å²) < 4.78 is 0. The van der Waals surface area contributed by atoms with E-state index in [0.29, 0.717) is 18.7 Å². The summed E-state index contributed by atoms with van der Waals surface area (Å²) in [5.74, 6) is 5.43. The van der Waals surface area contributed by atoms with Crippen molar-refractivity contribution in [1.82, 2.24) is 15.3 Å². The monoisotopic (exact) mass is 290 g/mol. The predicted molar refractivity (Wildman–Crippen MR) is 75.5 cm³/mol. The number of imidazole rings is 1. The fourth-order valence-corrected chi connectivity index (χ4v) is 1.79. The molecule has 9 heteroatoms. The van der Waals surface area contributed by atoms with Crippen LogP contribution in [0.4, 0.5) is 11.4 Å². The smallest absolute Gasteiger partial charge is 0.282 e. The Morgan fingerprint density at radius 1 is 1.48 bits per heavy atom. The van der Waals surface area contributed by atoms with Crippen molar-refractivity contribution in [2.24, 2.45) is 5.84 Å². The van der Waals surface area contributed by atoms with Crippen molar-refractivity contribution in [3.63, 3.8) is 0 Å². The molecular formula is C12H14N6O3. The molecule has 0 radical (unpaired) electrons. The Balaban J connectivity index is 2.08. The van der Waals surface area contributed by atoms with Crippen molar-refractivity contribution in [3.8, 4) is 0 Å². The number of H-pyrrole nitrogens is 1. The summed E-state index contributed by atoms with van der Waals surface area (Å²) in [6.45, 7) is 0.309. The summed E-state index contributed by atoms with van der Waals surface area (Å²) in [5.41, 5.74) is 2.44. The molecule has 21 heavy (non-hydrogen) atoms. The van der Waals surface area contributed by atoms with Gasteiger partial charge in [0.1, 0.15) is 11.4 Å². The zero-order valence-corrected chi connectivity index (χ0v) is 11.0. The maximum Gasteiger partial charge on any atom is 0.282 e. The second kappa shape index (κ2) is 6.48. The number of nitrogens with one attached hydrogen (secondary N) is 3. The molecule has 0 saturated carbocycles. The third-order valence-corrected chi connectivity index (χ3v) is 2.81. The number of hydrogen-bond donors (Lipinski definition) is 4. The fraction of sp³-hybridized carbons (Fsp3) is 0.167. The van der Waals surface area contributed by atoms with Crippen LogP contribution in [0.3, 0.4) is 0 Å². The molecule has 0 aliphatic heterocycles. The van der Waals surface area contributed by atoms with Crippen LogP contribution in [-0.2, 0) is 6.42 Å². The number of nitro groups is 1. The molecule has 0 fully saturated rings. The number of aromatic nitrogens is 2. The number of nitrogen functional groups attached to an aromatic ring is 1. The van der Waals surface area contributed by atoms with Gasteiger partial charge in [0, 0.05) is 37.1 Å². The van der Waals surface area contributed by atoms with E-state index in [-0.39, 0.29) is 11.3 Å². The maximum atomic E-state index is 12.1. The number of nitro benzene ring substituents is 1. The first-order valence-corrected chi connectivity index (χ1v) is 6.13. The van der Waals surface area contributed by atoms with Crippen molar-refractivity contribution >= 4 is 17.3 Å². The quantitative estimate of drug-likeness (QED) is 0.348. The number of nitrogens with two attached hydrogens (primary N) is 1. The summed E-state index contributed by atoms with van der Waals surface area (Å²) in [7, 11) is 0. The minimum atomic E-state index is -0.609. The van der Waals surface area contributed by atoms with Crippen molar-refractivity contribution in [1.29, 1.82) is 0 Å². The third kappa shape index (κ3) is 3.54. The number of aromatic amines is 1. The largest absolute Gasteiger partial charge is 0.351 e. The third-order valence-electron chi connectivity index (χ3n) is 2.81. The minimum Gasteiger partial charge on any atom is -0.351 e. The zero-order valence-electron chi connectivity index (χ0n) is 11.0. The Labute approximate surface area is 119 Å². The summed E-state index contributed by atoms with van der Waals surface area (Å²) >= 11 is 0. The standard InChI is InChI=1S/C12H14N6O3/c13-17-8-1-2-10(18(20)21)9(7-8)12(19)16-4-3-11-14-5-6-15-11/h1-2,5-7,17H,3-4,13H2,(H,14,15)(H,16,19). The lowest BCUT2D eigenvalue weighted by Gasteiger charge is -2.07. The highest BCUT2D eigenvalue weighted by molar-refractivity contribution is 5.99. The number of carbonyl (C=O) groups is 1. The van der Waals surface area contributed by atoms with E-state index < -0.39 is 10.8 Å². The second-order valence-electron chi connectivity index (χ2n) is 4.18. The van der Waals surface area contributed by atoms with Crippen LogP contribution in [0.2, 0.25) is 0 Å². The topological polar surface area (TPSA) is 139 Å². The fourth-order valence-electron chi connectivity index (χ4n) is 1.79. The van der Waals surface area contributed by atoms with Crippen LogP contribution >= 0.6 is 0 Å². The maximum absolute atomic E-state index is 12.1. The van der Waals surface area contributed by atoms with Crippen LogP contribution in [0, 0.1) is 10.1 Å². The molecule has 0 atom stereocenters. The molecule has 1 heterocycles. The van der Waals surface area contributed by atoms with Gasteiger partial charge in [-0.3, -0.25) is 20.8 Å². The lowest BCUT2D eigenvalue weighted by molar-refractivity contribution is -0.385. The van der Waals surface area contributed by atoms with Gasteiger partial charge in [-0.15, -0.1) is 0 Å². The van der Waals surface area contributed by atoms with Gasteiger partial charge in [0.2, 0.25) is 0 Å². The molecule has 110 valence electrons. The Morgan fingerprint density at radius 2 is 2.29 bits per heavy atom. The molecule has 1 amide bonds. The molecule has 1 aromatic carbocycles. The molecular weight excluding hydrogens is 276 g/mol. The molecule has 9 nitrogen and oxygen atoms in total. The van der Waals surface area contributed by atoms with Crippen molar-refractivity contribution in [2.45, 2.75) is 6.42 Å². The SMILES string of the molecule is NNc1ccc([N+](=O)[O-])c(C(=O)NCCc2ncc[nH]2)c1. The molecule has 0 aliphatic rings. The van der Waals surface area contributed by atoms with Gasteiger partial charge < -0.3 is 15.7 Å². The van der Waals surface area contributed by atoms with E-state index in [9.17, 15) is 14.9 Å². The van der Waals surface area contributed by atoms with E-state index in [4.69, 9.17) is 5.84 Å². The highest BCUT2D eigenvalue weighted by Gasteiger charge is 2.20. The van der Waals surface area contributed by atoms with E-state index in [1.165, 1.54) is 18.2 Å². The zero-order chi connectivity index (χ0) is 15.2. The predicted octanol–water partition coefficient (Wildman–Crippen LogP) is 0.576. The average Bonchev–Trinajstić information content (AvgIpc) is 2.99. The van der Waals surface area contributed by atoms with Crippen molar-refractivity contribution in [2.75, 3.05) is 12.0 Å². The Morgan fingerprint density at radius 3 is 2.90 bits per heavy atom. The Hall–Kier alpha value is -2.94. The average molecular weight is 290 g/mol. The van der Waals surface area contributed by atoms with Gasteiger partial charge in [-0.05, 0) is 12.1 Å². The molecule has 1 aromatic heterocycles. The number of carbonyl (C=O) groups excluding carboxylic acids is 1. The summed E-state index contributed by atoms with van der Waals surface area (Å²) in [5, 5.41) is 13.6. The molecule has 0 saturated heterocycles. The van der Waals surface area contributed by atoms with Gasteiger partial charge in [0.25, 0.3) is 11.6 Å². The number of benzene rings is 1. The number of amides is 1. The summed E-state index contributed by atoms with van der Waals surface area (Å²) in [4.78, 5) is 29.3. The number of nitrogens with zero attached hydrogens (tertiary/aromatic N) is 2. The molecule has 2 rings (SSSR count).